The first-order valence-electron chi connectivity index (χ1n) is 11.0. The van der Waals surface area contributed by atoms with Crippen LogP contribution in [0.15, 0.2) is 45.9 Å². The van der Waals surface area contributed by atoms with Gasteiger partial charge in [-0.25, -0.2) is 4.99 Å². The van der Waals surface area contributed by atoms with Crippen LogP contribution in [0.25, 0.3) is 11.3 Å². The highest BCUT2D eigenvalue weighted by atomic mass is 35.5. The van der Waals surface area contributed by atoms with E-state index in [2.05, 4.69) is 20.8 Å². The summed E-state index contributed by atoms with van der Waals surface area (Å²) >= 11 is 6.39. The summed E-state index contributed by atoms with van der Waals surface area (Å²) in [7, 11) is 5.19. The van der Waals surface area contributed by atoms with Crippen molar-refractivity contribution in [1.82, 2.24) is 15.4 Å². The number of nitrogens with two attached hydrogens (primary N) is 1. The van der Waals surface area contributed by atoms with E-state index < -0.39 is 5.91 Å². The smallest absolute Gasteiger partial charge is 0.263 e. The van der Waals surface area contributed by atoms with E-state index in [0.29, 0.717) is 33.5 Å². The minimum absolute atomic E-state index is 0.0709. The van der Waals surface area contributed by atoms with Crippen molar-refractivity contribution < 1.29 is 18.8 Å². The highest BCUT2D eigenvalue weighted by Crippen LogP contribution is 2.28. The summed E-state index contributed by atoms with van der Waals surface area (Å²) in [5, 5.41) is 9.81. The summed E-state index contributed by atoms with van der Waals surface area (Å²) < 4.78 is 10.4. The van der Waals surface area contributed by atoms with Gasteiger partial charge in [-0.1, -0.05) is 22.8 Å². The van der Waals surface area contributed by atoms with E-state index in [0.717, 1.165) is 11.1 Å². The van der Waals surface area contributed by atoms with E-state index in [1.807, 2.05) is 27.1 Å². The highest BCUT2D eigenvalue weighted by Gasteiger charge is 2.22. The van der Waals surface area contributed by atoms with Crippen LogP contribution in [0.4, 0.5) is 5.69 Å². The maximum Gasteiger partial charge on any atom is 0.263 e. The van der Waals surface area contributed by atoms with E-state index in [1.54, 1.807) is 49.3 Å². The lowest BCUT2D eigenvalue weighted by molar-refractivity contribution is -0.116. The Morgan fingerprint density at radius 2 is 1.89 bits per heavy atom. The summed E-state index contributed by atoms with van der Waals surface area (Å²) in [4.78, 5) is 31.0. The van der Waals surface area contributed by atoms with Gasteiger partial charge in [0.05, 0.1) is 30.9 Å². The Labute approximate surface area is 214 Å². The van der Waals surface area contributed by atoms with Crippen molar-refractivity contribution in [2.24, 2.45) is 10.7 Å². The van der Waals surface area contributed by atoms with Crippen LogP contribution in [0.2, 0.25) is 5.02 Å². The van der Waals surface area contributed by atoms with Gasteiger partial charge in [0.1, 0.15) is 22.8 Å². The van der Waals surface area contributed by atoms with Crippen molar-refractivity contribution in [1.29, 1.82) is 0 Å². The molecule has 1 heterocycles. The molecule has 0 radical (unpaired) electrons. The van der Waals surface area contributed by atoms with Crippen LogP contribution in [0, 0.1) is 13.8 Å². The van der Waals surface area contributed by atoms with Crippen LogP contribution in [-0.2, 0) is 11.3 Å². The van der Waals surface area contributed by atoms with Crippen LogP contribution in [0.3, 0.4) is 0 Å². The Bertz CT molecular complexity index is 1260. The average Bonchev–Trinajstić information content (AvgIpc) is 3.21. The van der Waals surface area contributed by atoms with Crippen LogP contribution < -0.4 is 21.1 Å². The number of carbonyl (C=O) groups excluding carboxylic acids is 2. The molecule has 36 heavy (non-hydrogen) atoms. The lowest BCUT2D eigenvalue weighted by Crippen LogP contribution is -2.37. The number of aromatic nitrogens is 1. The number of likely N-dealkylation sites (N-methyl/N-ethyl adjacent to an activating group) is 1. The minimum atomic E-state index is -0.492. The van der Waals surface area contributed by atoms with Crippen molar-refractivity contribution in [2.75, 3.05) is 33.1 Å². The number of nitrogens with one attached hydrogen (secondary N) is 2. The van der Waals surface area contributed by atoms with Gasteiger partial charge in [-0.05, 0) is 69.4 Å². The number of anilines is 1. The second-order valence-corrected chi connectivity index (χ2v) is 8.81. The number of methoxy groups -OCH3 is 1. The monoisotopic (exact) mass is 512 g/mol. The Kier molecular flexibility index (Phi) is 8.68. The maximum atomic E-state index is 12.9. The van der Waals surface area contributed by atoms with Crippen molar-refractivity contribution in [3.63, 3.8) is 0 Å². The van der Waals surface area contributed by atoms with E-state index in [4.69, 9.17) is 26.6 Å². The molecule has 3 aromatic rings. The molecule has 10 nitrogen and oxygen atoms in total. The number of aryl methyl sites for hydroxylation is 2. The molecule has 0 saturated heterocycles. The summed E-state index contributed by atoms with van der Waals surface area (Å²) in [5.41, 5.74) is 9.41. The molecule has 0 aliphatic heterocycles. The molecule has 0 spiro atoms. The second kappa shape index (κ2) is 11.7. The zero-order valence-corrected chi connectivity index (χ0v) is 21.6. The van der Waals surface area contributed by atoms with Gasteiger partial charge in [0.25, 0.3) is 5.91 Å². The standard InChI is InChI=1S/C25H29ClN6O4/c1-14-10-16(11-19(26)22(14)29-20(33)13-32(3)4)12-28-25(27)30-24(34)21-15(2)36-31-23(21)17-6-8-18(35-5)9-7-17/h6-11H,12-13H2,1-5H3,(H,29,33)(H3,27,28,30,34). The number of nitrogens with zero attached hydrogens (tertiary/aromatic N) is 3. The third kappa shape index (κ3) is 6.61. The van der Waals surface area contributed by atoms with Gasteiger partial charge in [-0.3, -0.25) is 14.9 Å². The Balaban J connectivity index is 1.71. The number of aliphatic imine (C=N–C) groups is 1. The maximum absolute atomic E-state index is 12.9. The molecular formula is C25H29ClN6O4. The number of hydrogen-bond donors (Lipinski definition) is 3. The number of amides is 2. The number of rotatable bonds is 8. The first kappa shape index (κ1) is 26.7. The fourth-order valence-electron chi connectivity index (χ4n) is 3.51. The summed E-state index contributed by atoms with van der Waals surface area (Å²) in [6.45, 7) is 3.90. The van der Waals surface area contributed by atoms with Crippen molar-refractivity contribution in [2.45, 2.75) is 20.4 Å². The Morgan fingerprint density at radius 3 is 2.50 bits per heavy atom. The lowest BCUT2D eigenvalue weighted by Gasteiger charge is -2.14. The predicted molar refractivity (Wildman–Crippen MR) is 139 cm³/mol. The second-order valence-electron chi connectivity index (χ2n) is 8.40. The first-order valence-corrected chi connectivity index (χ1v) is 11.4. The summed E-state index contributed by atoms with van der Waals surface area (Å²) in [6, 6.07) is 10.6. The van der Waals surface area contributed by atoms with E-state index in [9.17, 15) is 9.59 Å². The molecule has 2 aromatic carbocycles. The normalized spacial score (nSPS) is 11.5. The molecule has 0 unspecified atom stereocenters. The molecule has 0 atom stereocenters. The van der Waals surface area contributed by atoms with Gasteiger partial charge in [0, 0.05) is 5.56 Å². The van der Waals surface area contributed by atoms with Gasteiger partial charge in [0.2, 0.25) is 5.91 Å². The van der Waals surface area contributed by atoms with Gasteiger partial charge in [0.15, 0.2) is 5.96 Å². The number of hydrogen-bond acceptors (Lipinski definition) is 7. The largest absolute Gasteiger partial charge is 0.497 e. The Morgan fingerprint density at radius 1 is 1.19 bits per heavy atom. The molecular weight excluding hydrogens is 484 g/mol. The third-order valence-corrected chi connectivity index (χ3v) is 5.50. The number of guanidine groups is 1. The number of ether oxygens (including phenoxy) is 1. The van der Waals surface area contributed by atoms with Crippen molar-refractivity contribution >= 4 is 35.1 Å². The predicted octanol–water partition coefficient (Wildman–Crippen LogP) is 3.37. The summed E-state index contributed by atoms with van der Waals surface area (Å²) in [5.74, 6) is 0.300. The molecule has 0 aliphatic rings. The molecule has 0 bridgehead atoms. The fraction of sp³-hybridized carbons (Fsp3) is 0.280. The summed E-state index contributed by atoms with van der Waals surface area (Å²) in [6.07, 6.45) is 0. The molecule has 3 rings (SSSR count). The van der Waals surface area contributed by atoms with Gasteiger partial charge in [-0.2, -0.15) is 0 Å². The highest BCUT2D eigenvalue weighted by molar-refractivity contribution is 6.34. The van der Waals surface area contributed by atoms with Crippen LogP contribution in [0.1, 0.15) is 27.2 Å². The topological polar surface area (TPSA) is 135 Å². The quantitative estimate of drug-likeness (QED) is 0.311. The molecule has 0 fully saturated rings. The molecule has 4 N–H and O–H groups in total. The van der Waals surface area contributed by atoms with Crippen molar-refractivity contribution in [3.8, 4) is 17.0 Å². The minimum Gasteiger partial charge on any atom is -0.497 e. The number of carbonyl (C=O) groups is 2. The van der Waals surface area contributed by atoms with E-state index in [1.165, 1.54) is 0 Å². The third-order valence-electron chi connectivity index (χ3n) is 5.20. The van der Waals surface area contributed by atoms with Crippen LogP contribution in [0.5, 0.6) is 5.75 Å². The van der Waals surface area contributed by atoms with Crippen molar-refractivity contribution in [3.05, 3.63) is 63.9 Å². The fourth-order valence-corrected chi connectivity index (χ4v) is 3.85. The molecule has 11 heteroatoms. The Hall–Kier alpha value is -3.89. The SMILES string of the molecule is COc1ccc(-c2noc(C)c2C(=O)NC(N)=NCc2cc(C)c(NC(=O)CN(C)C)c(Cl)c2)cc1. The molecule has 1 aromatic heterocycles. The first-order chi connectivity index (χ1) is 17.1. The van der Waals surface area contributed by atoms with E-state index >= 15 is 0 Å². The zero-order chi connectivity index (χ0) is 26.4. The van der Waals surface area contributed by atoms with Gasteiger partial charge >= 0.3 is 0 Å². The number of benzene rings is 2. The van der Waals surface area contributed by atoms with Crippen LogP contribution >= 0.6 is 11.6 Å². The zero-order valence-electron chi connectivity index (χ0n) is 20.8. The van der Waals surface area contributed by atoms with E-state index in [-0.39, 0.29) is 30.5 Å². The lowest BCUT2D eigenvalue weighted by atomic mass is 10.1. The molecule has 0 aliphatic carbocycles. The van der Waals surface area contributed by atoms with Crippen LogP contribution in [-0.4, -0.2) is 55.6 Å². The average molecular weight is 513 g/mol. The molecule has 0 saturated carbocycles. The van der Waals surface area contributed by atoms with Gasteiger partial charge in [-0.15, -0.1) is 0 Å². The number of halogens is 1. The molecule has 190 valence electrons. The van der Waals surface area contributed by atoms with Gasteiger partial charge < -0.3 is 25.2 Å². The molecule has 2 amide bonds.